The first-order chi connectivity index (χ1) is 9.24. The third-order valence-electron chi connectivity index (χ3n) is 3.44. The summed E-state index contributed by atoms with van der Waals surface area (Å²) >= 11 is 0. The van der Waals surface area contributed by atoms with Gasteiger partial charge in [0, 0.05) is 18.4 Å². The van der Waals surface area contributed by atoms with E-state index in [1.54, 1.807) is 29.5 Å². The van der Waals surface area contributed by atoms with E-state index in [9.17, 15) is 4.79 Å². The van der Waals surface area contributed by atoms with Crippen LogP contribution in [0.3, 0.4) is 0 Å². The molecule has 2 heterocycles. The number of hydrogen-bond donors (Lipinski definition) is 1. The molecule has 5 heteroatoms. The summed E-state index contributed by atoms with van der Waals surface area (Å²) in [6.07, 6.45) is 9.17. The molecule has 1 aliphatic rings. The Kier molecular flexibility index (Phi) is 3.03. The van der Waals surface area contributed by atoms with Crippen molar-refractivity contribution in [3.05, 3.63) is 42.5 Å². The minimum atomic E-state index is -0.0606. The molecular formula is C14H16N4O. The van der Waals surface area contributed by atoms with Crippen LogP contribution in [-0.4, -0.2) is 26.7 Å². The van der Waals surface area contributed by atoms with E-state index in [1.807, 2.05) is 12.1 Å². The standard InChI is InChI=1S/C14H16N4O/c1-10(11-4-5-11)17-14(19)12-7-16-18(9-12)13-3-2-6-15-8-13/h2-3,6-11H,4-5H2,1H3,(H,17,19). The first-order valence-corrected chi connectivity index (χ1v) is 6.50. The lowest BCUT2D eigenvalue weighted by molar-refractivity contribution is 0.0936. The number of rotatable bonds is 4. The van der Waals surface area contributed by atoms with Gasteiger partial charge in [0.05, 0.1) is 23.6 Å². The third-order valence-corrected chi connectivity index (χ3v) is 3.44. The van der Waals surface area contributed by atoms with Gasteiger partial charge in [0.1, 0.15) is 0 Å². The molecule has 0 aliphatic heterocycles. The van der Waals surface area contributed by atoms with Gasteiger partial charge >= 0.3 is 0 Å². The van der Waals surface area contributed by atoms with Gasteiger partial charge in [-0.1, -0.05) is 0 Å². The fourth-order valence-electron chi connectivity index (χ4n) is 2.07. The fraction of sp³-hybridized carbons (Fsp3) is 0.357. The lowest BCUT2D eigenvalue weighted by Crippen LogP contribution is -2.33. The van der Waals surface area contributed by atoms with Gasteiger partial charge in [-0.25, -0.2) is 4.68 Å². The van der Waals surface area contributed by atoms with Crippen molar-refractivity contribution in [2.24, 2.45) is 5.92 Å². The number of amides is 1. The van der Waals surface area contributed by atoms with Crippen molar-refractivity contribution in [1.82, 2.24) is 20.1 Å². The highest BCUT2D eigenvalue weighted by atomic mass is 16.1. The number of hydrogen-bond acceptors (Lipinski definition) is 3. The van der Waals surface area contributed by atoms with Crippen LogP contribution in [-0.2, 0) is 0 Å². The first kappa shape index (κ1) is 11.9. The Labute approximate surface area is 111 Å². The molecule has 1 saturated carbocycles. The average molecular weight is 256 g/mol. The number of aromatic nitrogens is 3. The van der Waals surface area contributed by atoms with Crippen molar-refractivity contribution in [2.45, 2.75) is 25.8 Å². The fourth-order valence-corrected chi connectivity index (χ4v) is 2.07. The molecule has 0 spiro atoms. The Morgan fingerprint density at radius 2 is 2.32 bits per heavy atom. The minimum Gasteiger partial charge on any atom is -0.349 e. The quantitative estimate of drug-likeness (QED) is 0.907. The predicted octanol–water partition coefficient (Wildman–Crippen LogP) is 1.80. The molecule has 0 radical (unpaired) electrons. The van der Waals surface area contributed by atoms with Gasteiger partial charge in [0.15, 0.2) is 0 Å². The van der Waals surface area contributed by atoms with E-state index >= 15 is 0 Å². The summed E-state index contributed by atoms with van der Waals surface area (Å²) in [6, 6.07) is 3.98. The number of carbonyl (C=O) groups excluding carboxylic acids is 1. The first-order valence-electron chi connectivity index (χ1n) is 6.50. The molecule has 0 aromatic carbocycles. The second kappa shape index (κ2) is 4.84. The van der Waals surface area contributed by atoms with Crippen LogP contribution < -0.4 is 5.32 Å². The number of nitrogens with zero attached hydrogens (tertiary/aromatic N) is 3. The molecule has 0 saturated heterocycles. The second-order valence-corrected chi connectivity index (χ2v) is 4.98. The van der Waals surface area contributed by atoms with Crippen LogP contribution in [0.25, 0.3) is 5.69 Å². The predicted molar refractivity (Wildman–Crippen MR) is 71.0 cm³/mol. The van der Waals surface area contributed by atoms with Crippen LogP contribution in [0.1, 0.15) is 30.1 Å². The summed E-state index contributed by atoms with van der Waals surface area (Å²) in [7, 11) is 0. The van der Waals surface area contributed by atoms with Crippen LogP contribution in [0, 0.1) is 5.92 Å². The molecule has 1 amide bonds. The zero-order chi connectivity index (χ0) is 13.2. The van der Waals surface area contributed by atoms with Gasteiger partial charge in [-0.2, -0.15) is 5.10 Å². The molecule has 2 aromatic rings. The molecule has 5 nitrogen and oxygen atoms in total. The van der Waals surface area contributed by atoms with Crippen LogP contribution in [0.5, 0.6) is 0 Å². The summed E-state index contributed by atoms with van der Waals surface area (Å²) in [6.45, 7) is 2.06. The van der Waals surface area contributed by atoms with Crippen LogP contribution in [0.4, 0.5) is 0 Å². The lowest BCUT2D eigenvalue weighted by atomic mass is 10.2. The SMILES string of the molecule is CC(NC(=O)c1cnn(-c2cccnc2)c1)C1CC1. The van der Waals surface area contributed by atoms with Gasteiger partial charge in [0.2, 0.25) is 0 Å². The molecule has 1 aliphatic carbocycles. The molecule has 1 unspecified atom stereocenters. The van der Waals surface area contributed by atoms with E-state index in [2.05, 4.69) is 22.3 Å². The highest BCUT2D eigenvalue weighted by molar-refractivity contribution is 5.94. The summed E-state index contributed by atoms with van der Waals surface area (Å²) < 4.78 is 1.66. The van der Waals surface area contributed by atoms with Gasteiger partial charge in [-0.3, -0.25) is 9.78 Å². The van der Waals surface area contributed by atoms with Crippen molar-refractivity contribution in [1.29, 1.82) is 0 Å². The zero-order valence-corrected chi connectivity index (χ0v) is 10.8. The van der Waals surface area contributed by atoms with Gasteiger partial charge in [-0.15, -0.1) is 0 Å². The van der Waals surface area contributed by atoms with E-state index in [-0.39, 0.29) is 11.9 Å². The molecule has 1 fully saturated rings. The molecule has 98 valence electrons. The largest absolute Gasteiger partial charge is 0.349 e. The number of nitrogens with one attached hydrogen (secondary N) is 1. The second-order valence-electron chi connectivity index (χ2n) is 4.98. The highest BCUT2D eigenvalue weighted by Gasteiger charge is 2.29. The summed E-state index contributed by atoms with van der Waals surface area (Å²) in [5.41, 5.74) is 1.42. The average Bonchev–Trinajstić information content (AvgIpc) is 3.17. The normalized spacial score (nSPS) is 16.1. The Morgan fingerprint density at radius 3 is 3.00 bits per heavy atom. The van der Waals surface area contributed by atoms with E-state index in [0.29, 0.717) is 11.5 Å². The van der Waals surface area contributed by atoms with Crippen molar-refractivity contribution in [3.63, 3.8) is 0 Å². The maximum Gasteiger partial charge on any atom is 0.254 e. The van der Waals surface area contributed by atoms with E-state index in [4.69, 9.17) is 0 Å². The Morgan fingerprint density at radius 1 is 1.47 bits per heavy atom. The van der Waals surface area contributed by atoms with Gasteiger partial charge in [-0.05, 0) is 37.8 Å². The molecule has 2 aromatic heterocycles. The maximum atomic E-state index is 12.1. The highest BCUT2D eigenvalue weighted by Crippen LogP contribution is 2.32. The van der Waals surface area contributed by atoms with E-state index in [0.717, 1.165) is 5.69 Å². The van der Waals surface area contributed by atoms with Crippen molar-refractivity contribution >= 4 is 5.91 Å². The van der Waals surface area contributed by atoms with Gasteiger partial charge < -0.3 is 5.32 Å². The smallest absolute Gasteiger partial charge is 0.254 e. The number of carbonyl (C=O) groups is 1. The van der Waals surface area contributed by atoms with Crippen LogP contribution >= 0.6 is 0 Å². The Balaban J connectivity index is 1.72. The third kappa shape index (κ3) is 2.65. The Bertz CT molecular complexity index is 574. The van der Waals surface area contributed by atoms with Crippen molar-refractivity contribution in [2.75, 3.05) is 0 Å². The monoisotopic (exact) mass is 256 g/mol. The molecule has 1 atom stereocenters. The Hall–Kier alpha value is -2.17. The molecule has 1 N–H and O–H groups in total. The molecule has 3 rings (SSSR count). The topological polar surface area (TPSA) is 59.8 Å². The van der Waals surface area contributed by atoms with E-state index < -0.39 is 0 Å². The summed E-state index contributed by atoms with van der Waals surface area (Å²) in [4.78, 5) is 16.1. The summed E-state index contributed by atoms with van der Waals surface area (Å²) in [5, 5.41) is 7.21. The number of pyridine rings is 1. The maximum absolute atomic E-state index is 12.1. The van der Waals surface area contributed by atoms with Crippen LogP contribution in [0.15, 0.2) is 36.9 Å². The zero-order valence-electron chi connectivity index (χ0n) is 10.8. The molecule has 19 heavy (non-hydrogen) atoms. The van der Waals surface area contributed by atoms with E-state index in [1.165, 1.54) is 12.8 Å². The lowest BCUT2D eigenvalue weighted by Gasteiger charge is -2.11. The summed E-state index contributed by atoms with van der Waals surface area (Å²) in [5.74, 6) is 0.590. The van der Waals surface area contributed by atoms with Crippen LogP contribution in [0.2, 0.25) is 0 Å². The van der Waals surface area contributed by atoms with Gasteiger partial charge in [0.25, 0.3) is 5.91 Å². The molecule has 0 bridgehead atoms. The van der Waals surface area contributed by atoms with Crippen molar-refractivity contribution in [3.8, 4) is 5.69 Å². The minimum absolute atomic E-state index is 0.0606. The van der Waals surface area contributed by atoms with Crippen molar-refractivity contribution < 1.29 is 4.79 Å². The molecular weight excluding hydrogens is 240 g/mol.